The molecule has 2 aromatic heterocycles. The van der Waals surface area contributed by atoms with E-state index < -0.39 is 11.8 Å². The molecule has 0 saturated heterocycles. The van der Waals surface area contributed by atoms with Gasteiger partial charge in [0.25, 0.3) is 5.92 Å². The molecule has 1 aliphatic carbocycles. The van der Waals surface area contributed by atoms with Crippen LogP contribution in [0, 0.1) is 5.92 Å². The van der Waals surface area contributed by atoms with E-state index in [0.717, 1.165) is 0 Å². The fourth-order valence-electron chi connectivity index (χ4n) is 1.88. The number of nitrogens with zero attached hydrogens (tertiary/aromatic N) is 3. The third-order valence-corrected chi connectivity index (χ3v) is 3.26. The number of aliphatic hydroxyl groups is 1. The summed E-state index contributed by atoms with van der Waals surface area (Å²) >= 11 is 0. The molecule has 0 spiro atoms. The Hall–Kier alpha value is -2.15. The lowest BCUT2D eigenvalue weighted by Gasteiger charge is -2.05. The van der Waals surface area contributed by atoms with Crippen molar-refractivity contribution in [3.8, 4) is 17.3 Å². The van der Waals surface area contributed by atoms with E-state index in [1.54, 1.807) is 18.2 Å². The first-order chi connectivity index (χ1) is 10.1. The molecule has 0 aromatic carbocycles. The molecule has 1 aliphatic rings. The van der Waals surface area contributed by atoms with Gasteiger partial charge in [-0.1, -0.05) is 6.07 Å². The Bertz CT molecular complexity index is 634. The first-order valence-corrected chi connectivity index (χ1v) is 6.48. The molecule has 5 nitrogen and oxygen atoms in total. The van der Waals surface area contributed by atoms with Crippen molar-refractivity contribution < 1.29 is 18.6 Å². The maximum atomic E-state index is 12.7. The molecule has 0 bridgehead atoms. The summed E-state index contributed by atoms with van der Waals surface area (Å²) in [5.41, 5.74) is 1.83. The molecule has 1 fully saturated rings. The molecule has 0 unspecified atom stereocenters. The van der Waals surface area contributed by atoms with Crippen molar-refractivity contribution >= 4 is 0 Å². The largest absolute Gasteiger partial charge is 0.463 e. The zero-order chi connectivity index (χ0) is 14.9. The van der Waals surface area contributed by atoms with Gasteiger partial charge in [0.15, 0.2) is 0 Å². The summed E-state index contributed by atoms with van der Waals surface area (Å²) in [6.45, 7) is -0.226. The number of aromatic nitrogens is 3. The van der Waals surface area contributed by atoms with Crippen molar-refractivity contribution in [3.05, 3.63) is 36.3 Å². The highest BCUT2D eigenvalue weighted by atomic mass is 19.3. The average molecular weight is 293 g/mol. The van der Waals surface area contributed by atoms with E-state index >= 15 is 0 Å². The smallest absolute Gasteiger partial charge is 0.316 e. The van der Waals surface area contributed by atoms with Crippen LogP contribution < -0.4 is 4.74 Å². The molecule has 1 atom stereocenters. The lowest BCUT2D eigenvalue weighted by atomic mass is 10.2. The highest BCUT2D eigenvalue weighted by molar-refractivity contribution is 5.56. The zero-order valence-electron chi connectivity index (χ0n) is 11.0. The third-order valence-electron chi connectivity index (χ3n) is 3.26. The zero-order valence-corrected chi connectivity index (χ0v) is 11.0. The van der Waals surface area contributed by atoms with E-state index in [2.05, 4.69) is 15.0 Å². The van der Waals surface area contributed by atoms with Gasteiger partial charge >= 0.3 is 6.01 Å². The van der Waals surface area contributed by atoms with Crippen molar-refractivity contribution in [2.75, 3.05) is 6.61 Å². The molecule has 110 valence electrons. The second-order valence-electron chi connectivity index (χ2n) is 4.90. The van der Waals surface area contributed by atoms with Crippen molar-refractivity contribution in [1.29, 1.82) is 0 Å². The fourth-order valence-corrected chi connectivity index (χ4v) is 1.88. The minimum absolute atomic E-state index is 0.0692. The monoisotopic (exact) mass is 293 g/mol. The highest BCUT2D eigenvalue weighted by Gasteiger charge is 2.57. The predicted octanol–water partition coefficient (Wildman–Crippen LogP) is 2.06. The number of pyridine rings is 1. The van der Waals surface area contributed by atoms with Gasteiger partial charge < -0.3 is 9.84 Å². The van der Waals surface area contributed by atoms with Crippen LogP contribution in [0.15, 0.2) is 30.6 Å². The number of hydrogen-bond donors (Lipinski definition) is 1. The van der Waals surface area contributed by atoms with Crippen LogP contribution in [0.5, 0.6) is 6.01 Å². The van der Waals surface area contributed by atoms with Gasteiger partial charge in [0.1, 0.15) is 6.61 Å². The summed E-state index contributed by atoms with van der Waals surface area (Å²) in [5, 5.41) is 9.05. The van der Waals surface area contributed by atoms with Crippen LogP contribution in [0.4, 0.5) is 8.78 Å². The summed E-state index contributed by atoms with van der Waals surface area (Å²) in [7, 11) is 0. The van der Waals surface area contributed by atoms with Crippen molar-refractivity contribution in [1.82, 2.24) is 15.0 Å². The molecular formula is C14H13F2N3O2. The van der Waals surface area contributed by atoms with Crippen LogP contribution in [0.1, 0.15) is 12.1 Å². The van der Waals surface area contributed by atoms with Crippen LogP contribution >= 0.6 is 0 Å². The number of halogens is 2. The summed E-state index contributed by atoms with van der Waals surface area (Å²) in [5.74, 6) is -3.34. The van der Waals surface area contributed by atoms with Gasteiger partial charge in [-0.05, 0) is 12.1 Å². The van der Waals surface area contributed by atoms with Crippen LogP contribution in [0.3, 0.4) is 0 Å². The summed E-state index contributed by atoms with van der Waals surface area (Å²) < 4.78 is 30.6. The predicted molar refractivity (Wildman–Crippen MR) is 69.7 cm³/mol. The first-order valence-electron chi connectivity index (χ1n) is 6.48. The van der Waals surface area contributed by atoms with Gasteiger partial charge in [-0.2, -0.15) is 0 Å². The highest BCUT2D eigenvalue weighted by Crippen LogP contribution is 2.48. The fraction of sp³-hybridized carbons (Fsp3) is 0.357. The van der Waals surface area contributed by atoms with E-state index in [4.69, 9.17) is 9.84 Å². The van der Waals surface area contributed by atoms with Gasteiger partial charge in [-0.25, -0.2) is 18.7 Å². The van der Waals surface area contributed by atoms with Gasteiger partial charge in [0.05, 0.1) is 23.9 Å². The van der Waals surface area contributed by atoms with Crippen LogP contribution in [0.25, 0.3) is 11.3 Å². The molecule has 2 heterocycles. The Balaban J connectivity index is 1.66. The molecule has 7 heteroatoms. The molecule has 1 saturated carbocycles. The summed E-state index contributed by atoms with van der Waals surface area (Å²) in [4.78, 5) is 12.2. The molecular weight excluding hydrogens is 280 g/mol. The van der Waals surface area contributed by atoms with E-state index in [-0.39, 0.29) is 25.6 Å². The van der Waals surface area contributed by atoms with Crippen molar-refractivity contribution in [2.45, 2.75) is 19.0 Å². The van der Waals surface area contributed by atoms with Crippen LogP contribution in [-0.4, -0.2) is 32.6 Å². The Morgan fingerprint density at radius 1 is 1.29 bits per heavy atom. The van der Waals surface area contributed by atoms with Crippen molar-refractivity contribution in [3.63, 3.8) is 0 Å². The number of aliphatic hydroxyl groups excluding tert-OH is 1. The van der Waals surface area contributed by atoms with Crippen LogP contribution in [0.2, 0.25) is 0 Å². The SMILES string of the molecule is OCc1cccc(-c2cnc(OC[C@H]3CC3(F)F)nc2)n1. The third kappa shape index (κ3) is 3.13. The topological polar surface area (TPSA) is 68.1 Å². The number of rotatable bonds is 5. The first kappa shape index (κ1) is 13.8. The van der Waals surface area contributed by atoms with Gasteiger partial charge in [0.2, 0.25) is 0 Å². The van der Waals surface area contributed by atoms with Gasteiger partial charge in [-0.15, -0.1) is 0 Å². The Labute approximate surface area is 119 Å². The second-order valence-corrected chi connectivity index (χ2v) is 4.90. The Morgan fingerprint density at radius 2 is 2.00 bits per heavy atom. The summed E-state index contributed by atoms with van der Waals surface area (Å²) in [6.07, 6.45) is 2.89. The van der Waals surface area contributed by atoms with Crippen LogP contribution in [-0.2, 0) is 6.61 Å². The molecule has 0 aliphatic heterocycles. The minimum atomic E-state index is -2.60. The number of ether oxygens (including phenoxy) is 1. The molecule has 1 N–H and O–H groups in total. The van der Waals surface area contributed by atoms with Gasteiger partial charge in [0, 0.05) is 24.4 Å². The van der Waals surface area contributed by atoms with Gasteiger partial charge in [-0.3, -0.25) is 4.98 Å². The van der Waals surface area contributed by atoms with E-state index in [1.165, 1.54) is 12.4 Å². The standard InChI is InChI=1S/C14H13F2N3O2/c15-14(16)4-10(14)8-21-13-17-5-9(6-18-13)12-3-1-2-11(7-20)19-12/h1-3,5-6,10,20H,4,7-8H2/t10-/m1/s1. The average Bonchev–Trinajstić information content (AvgIpc) is 3.13. The molecule has 21 heavy (non-hydrogen) atoms. The Morgan fingerprint density at radius 3 is 2.62 bits per heavy atom. The van der Waals surface area contributed by atoms with E-state index in [9.17, 15) is 8.78 Å². The molecule has 3 rings (SSSR count). The molecule has 2 aromatic rings. The second kappa shape index (κ2) is 5.33. The summed E-state index contributed by atoms with van der Waals surface area (Å²) in [6, 6.07) is 5.31. The molecule has 0 radical (unpaired) electrons. The van der Waals surface area contributed by atoms with E-state index in [1.807, 2.05) is 0 Å². The lowest BCUT2D eigenvalue weighted by molar-refractivity contribution is 0.0842. The Kier molecular flexibility index (Phi) is 3.50. The number of alkyl halides is 2. The quantitative estimate of drug-likeness (QED) is 0.914. The molecule has 0 amide bonds. The van der Waals surface area contributed by atoms with Crippen molar-refractivity contribution in [2.24, 2.45) is 5.92 Å². The van der Waals surface area contributed by atoms with E-state index in [0.29, 0.717) is 17.0 Å². The number of hydrogen-bond acceptors (Lipinski definition) is 5. The lowest BCUT2D eigenvalue weighted by Crippen LogP contribution is -2.07. The maximum absolute atomic E-state index is 12.7. The normalized spacial score (nSPS) is 19.3. The minimum Gasteiger partial charge on any atom is -0.463 e. The maximum Gasteiger partial charge on any atom is 0.316 e.